The maximum Gasteiger partial charge on any atom is 0.244 e. The molecule has 2 aromatic carbocycles. The molecule has 1 aliphatic rings. The molecule has 29 heavy (non-hydrogen) atoms. The van der Waals surface area contributed by atoms with E-state index in [1.54, 1.807) is 31.5 Å². The number of ether oxygens (including phenoxy) is 1. The number of hydrogen-bond acceptors (Lipinski definition) is 4. The summed E-state index contributed by atoms with van der Waals surface area (Å²) in [5.41, 5.74) is 2.14. The number of anilines is 2. The second kappa shape index (κ2) is 7.04. The van der Waals surface area contributed by atoms with Crippen molar-refractivity contribution in [2.24, 2.45) is 0 Å². The van der Waals surface area contributed by atoms with Gasteiger partial charge in [-0.2, -0.15) is 0 Å². The van der Waals surface area contributed by atoms with Gasteiger partial charge in [-0.15, -0.1) is 0 Å². The molecule has 6 nitrogen and oxygen atoms in total. The summed E-state index contributed by atoms with van der Waals surface area (Å²) in [4.78, 5) is 31.4. The number of fused-ring (bicyclic) bond motifs is 2. The van der Waals surface area contributed by atoms with Gasteiger partial charge in [0.15, 0.2) is 0 Å². The molecular formula is C22H20ClN3O3. The second-order valence-electron chi connectivity index (χ2n) is 7.51. The smallest absolute Gasteiger partial charge is 0.244 e. The number of nitrogens with one attached hydrogen (secondary N) is 1. The molecule has 3 aromatic rings. The molecular weight excluding hydrogens is 390 g/mol. The first-order chi connectivity index (χ1) is 13.8. The van der Waals surface area contributed by atoms with Crippen LogP contribution >= 0.6 is 11.6 Å². The normalized spacial score (nSPS) is 14.8. The minimum atomic E-state index is -0.732. The summed E-state index contributed by atoms with van der Waals surface area (Å²) in [6, 6.07) is 12.7. The largest absolute Gasteiger partial charge is 0.497 e. The molecule has 148 valence electrons. The van der Waals surface area contributed by atoms with Crippen molar-refractivity contribution in [3.8, 4) is 5.75 Å². The molecule has 0 radical (unpaired) electrons. The van der Waals surface area contributed by atoms with E-state index < -0.39 is 5.41 Å². The number of aromatic nitrogens is 1. The fourth-order valence-electron chi connectivity index (χ4n) is 3.60. The number of carbonyl (C=O) groups excluding carboxylic acids is 2. The Hall–Kier alpha value is -3.12. The van der Waals surface area contributed by atoms with Crippen molar-refractivity contribution in [1.82, 2.24) is 4.98 Å². The van der Waals surface area contributed by atoms with Crippen LogP contribution in [0.5, 0.6) is 5.75 Å². The van der Waals surface area contributed by atoms with Gasteiger partial charge in [-0.1, -0.05) is 11.6 Å². The van der Waals surface area contributed by atoms with Crippen LogP contribution in [-0.4, -0.2) is 30.5 Å². The quantitative estimate of drug-likeness (QED) is 0.702. The van der Waals surface area contributed by atoms with Gasteiger partial charge in [-0.05, 0) is 55.8 Å². The number of pyridine rings is 1. The van der Waals surface area contributed by atoms with Crippen molar-refractivity contribution in [3.05, 3.63) is 59.2 Å². The molecule has 0 aliphatic carbocycles. The summed E-state index contributed by atoms with van der Waals surface area (Å²) in [5, 5.41) is 4.27. The lowest BCUT2D eigenvalue weighted by atomic mass is 9.86. The Morgan fingerprint density at radius 2 is 2.00 bits per heavy atom. The fraction of sp³-hybridized carbons (Fsp3) is 0.227. The van der Waals surface area contributed by atoms with E-state index in [0.717, 1.165) is 22.2 Å². The van der Waals surface area contributed by atoms with Gasteiger partial charge in [0, 0.05) is 22.2 Å². The Kier molecular flexibility index (Phi) is 4.67. The van der Waals surface area contributed by atoms with Crippen LogP contribution in [0.25, 0.3) is 10.9 Å². The zero-order valence-corrected chi connectivity index (χ0v) is 17.1. The Labute approximate surface area is 173 Å². The first-order valence-electron chi connectivity index (χ1n) is 9.15. The summed E-state index contributed by atoms with van der Waals surface area (Å²) in [6.45, 7) is 3.59. The minimum Gasteiger partial charge on any atom is -0.497 e. The van der Waals surface area contributed by atoms with E-state index in [2.05, 4.69) is 10.3 Å². The van der Waals surface area contributed by atoms with Crippen LogP contribution in [0.2, 0.25) is 5.02 Å². The van der Waals surface area contributed by atoms with E-state index in [-0.39, 0.29) is 18.4 Å². The monoisotopic (exact) mass is 409 g/mol. The number of nitrogens with zero attached hydrogens (tertiary/aromatic N) is 2. The third-order valence-corrected chi connectivity index (χ3v) is 5.41. The molecule has 7 heteroatoms. The van der Waals surface area contributed by atoms with Crippen LogP contribution < -0.4 is 15.0 Å². The average molecular weight is 410 g/mol. The lowest BCUT2D eigenvalue weighted by Gasteiger charge is -2.20. The van der Waals surface area contributed by atoms with Gasteiger partial charge in [-0.3, -0.25) is 14.6 Å². The van der Waals surface area contributed by atoms with Crippen molar-refractivity contribution in [1.29, 1.82) is 0 Å². The number of amides is 2. The standard InChI is InChI=1S/C22H20ClN3O3/c1-22(2)17-9-14(23)5-7-19(17)26(21(22)28)12-20(27)25-15-8-13-4-6-16(29-3)10-18(13)24-11-15/h4-11H,12H2,1-3H3,(H,25,27). The van der Waals surface area contributed by atoms with E-state index in [0.29, 0.717) is 16.4 Å². The summed E-state index contributed by atoms with van der Waals surface area (Å²) in [5.74, 6) is 0.288. The SMILES string of the molecule is COc1ccc2cc(NC(=O)CN3C(=O)C(C)(C)c4cc(Cl)ccc43)cnc2c1. The topological polar surface area (TPSA) is 71.5 Å². The Morgan fingerprint density at radius 3 is 2.76 bits per heavy atom. The van der Waals surface area contributed by atoms with Crippen LogP contribution in [-0.2, 0) is 15.0 Å². The first-order valence-corrected chi connectivity index (χ1v) is 9.53. The Morgan fingerprint density at radius 1 is 1.21 bits per heavy atom. The van der Waals surface area contributed by atoms with Gasteiger partial charge in [0.1, 0.15) is 12.3 Å². The zero-order valence-electron chi connectivity index (χ0n) is 16.3. The van der Waals surface area contributed by atoms with Gasteiger partial charge >= 0.3 is 0 Å². The molecule has 0 unspecified atom stereocenters. The number of carbonyl (C=O) groups is 2. The van der Waals surface area contributed by atoms with Gasteiger partial charge in [-0.25, -0.2) is 0 Å². The first kappa shape index (κ1) is 19.2. The maximum absolute atomic E-state index is 12.9. The third-order valence-electron chi connectivity index (χ3n) is 5.18. The zero-order chi connectivity index (χ0) is 20.8. The van der Waals surface area contributed by atoms with E-state index in [4.69, 9.17) is 16.3 Å². The Bertz CT molecular complexity index is 1140. The van der Waals surface area contributed by atoms with Gasteiger partial charge < -0.3 is 15.0 Å². The van der Waals surface area contributed by atoms with Gasteiger partial charge in [0.2, 0.25) is 11.8 Å². The van der Waals surface area contributed by atoms with Crippen molar-refractivity contribution in [3.63, 3.8) is 0 Å². The van der Waals surface area contributed by atoms with Crippen LogP contribution in [0.15, 0.2) is 48.7 Å². The molecule has 2 heterocycles. The summed E-state index contributed by atoms with van der Waals surface area (Å²) >= 11 is 6.10. The van der Waals surface area contributed by atoms with E-state index in [9.17, 15) is 9.59 Å². The fourth-order valence-corrected chi connectivity index (χ4v) is 3.78. The second-order valence-corrected chi connectivity index (χ2v) is 7.95. The predicted molar refractivity (Wildman–Crippen MR) is 114 cm³/mol. The minimum absolute atomic E-state index is 0.0858. The van der Waals surface area contributed by atoms with Crippen molar-refractivity contribution >= 4 is 45.7 Å². The highest BCUT2D eigenvalue weighted by Gasteiger charge is 2.44. The van der Waals surface area contributed by atoms with Crippen LogP contribution in [0.1, 0.15) is 19.4 Å². The van der Waals surface area contributed by atoms with E-state index in [1.165, 1.54) is 4.90 Å². The highest BCUT2D eigenvalue weighted by atomic mass is 35.5. The number of rotatable bonds is 4. The molecule has 4 rings (SSSR count). The molecule has 0 saturated heterocycles. The predicted octanol–water partition coefficient (Wildman–Crippen LogP) is 4.16. The third kappa shape index (κ3) is 3.40. The van der Waals surface area contributed by atoms with Crippen molar-refractivity contribution in [2.45, 2.75) is 19.3 Å². The number of benzene rings is 2. The molecule has 1 aromatic heterocycles. The molecule has 0 spiro atoms. The molecule has 0 atom stereocenters. The van der Waals surface area contributed by atoms with Gasteiger partial charge in [0.25, 0.3) is 0 Å². The average Bonchev–Trinajstić information content (AvgIpc) is 2.88. The maximum atomic E-state index is 12.9. The molecule has 1 N–H and O–H groups in total. The Balaban J connectivity index is 1.54. The van der Waals surface area contributed by atoms with E-state index >= 15 is 0 Å². The summed E-state index contributed by atoms with van der Waals surface area (Å²) in [7, 11) is 1.60. The molecule has 1 aliphatic heterocycles. The highest BCUT2D eigenvalue weighted by molar-refractivity contribution is 6.31. The van der Waals surface area contributed by atoms with Crippen LogP contribution in [0.3, 0.4) is 0 Å². The lowest BCUT2D eigenvalue weighted by Crippen LogP contribution is -2.40. The number of halogens is 1. The molecule has 0 bridgehead atoms. The molecule has 0 saturated carbocycles. The van der Waals surface area contributed by atoms with Crippen molar-refractivity contribution < 1.29 is 14.3 Å². The summed E-state index contributed by atoms with van der Waals surface area (Å²) in [6.07, 6.45) is 1.59. The number of methoxy groups -OCH3 is 1. The molecule has 0 fully saturated rings. The number of hydrogen-bond donors (Lipinski definition) is 1. The van der Waals surface area contributed by atoms with Crippen LogP contribution in [0, 0.1) is 0 Å². The van der Waals surface area contributed by atoms with Crippen LogP contribution in [0.4, 0.5) is 11.4 Å². The van der Waals surface area contributed by atoms with Gasteiger partial charge in [0.05, 0.1) is 29.9 Å². The van der Waals surface area contributed by atoms with E-state index in [1.807, 2.05) is 38.1 Å². The lowest BCUT2D eigenvalue weighted by molar-refractivity contribution is -0.124. The summed E-state index contributed by atoms with van der Waals surface area (Å²) < 4.78 is 5.20. The highest BCUT2D eigenvalue weighted by Crippen LogP contribution is 2.42. The molecule has 2 amide bonds. The van der Waals surface area contributed by atoms with Crippen molar-refractivity contribution in [2.75, 3.05) is 23.9 Å².